The molecule has 2 aromatic rings. The Morgan fingerprint density at radius 2 is 1.85 bits per heavy atom. The molecule has 104 valence electrons. The first-order valence-corrected chi connectivity index (χ1v) is 6.98. The fourth-order valence-electron chi connectivity index (χ4n) is 3.06. The molecule has 1 aliphatic rings. The van der Waals surface area contributed by atoms with Gasteiger partial charge in [0.05, 0.1) is 5.56 Å². The van der Waals surface area contributed by atoms with E-state index < -0.39 is 5.97 Å². The molecule has 2 aromatic carbocycles. The molecule has 0 amide bonds. The van der Waals surface area contributed by atoms with E-state index in [0.29, 0.717) is 11.0 Å². The first-order chi connectivity index (χ1) is 9.48. The van der Waals surface area contributed by atoms with Crippen LogP contribution >= 0.6 is 0 Å². The van der Waals surface area contributed by atoms with Gasteiger partial charge >= 0.3 is 5.97 Å². The molecular formula is C17H19NO2. The molecule has 0 radical (unpaired) electrons. The van der Waals surface area contributed by atoms with E-state index in [1.807, 2.05) is 30.3 Å². The summed E-state index contributed by atoms with van der Waals surface area (Å²) in [7, 11) is 0. The molecule has 3 nitrogen and oxygen atoms in total. The molecule has 3 rings (SSSR count). The fraction of sp³-hybridized carbons (Fsp3) is 0.353. The Labute approximate surface area is 118 Å². The van der Waals surface area contributed by atoms with E-state index in [-0.39, 0.29) is 0 Å². The second-order valence-corrected chi connectivity index (χ2v) is 6.32. The number of aromatic carboxylic acids is 1. The number of hydrogen-bond donors (Lipinski definition) is 1. The van der Waals surface area contributed by atoms with Gasteiger partial charge in [-0.1, -0.05) is 38.1 Å². The summed E-state index contributed by atoms with van der Waals surface area (Å²) in [6, 6.07) is 11.5. The van der Waals surface area contributed by atoms with Crippen molar-refractivity contribution >= 4 is 22.4 Å². The first kappa shape index (κ1) is 13.0. The average Bonchev–Trinajstić information content (AvgIpc) is 2.77. The number of benzene rings is 2. The molecule has 1 N–H and O–H groups in total. The predicted octanol–water partition coefficient (Wildman–Crippen LogP) is 3.77. The van der Waals surface area contributed by atoms with Crippen molar-refractivity contribution in [1.82, 2.24) is 0 Å². The van der Waals surface area contributed by atoms with Gasteiger partial charge in [-0.2, -0.15) is 0 Å². The fourth-order valence-corrected chi connectivity index (χ4v) is 3.06. The highest BCUT2D eigenvalue weighted by molar-refractivity contribution is 6.07. The first-order valence-electron chi connectivity index (χ1n) is 6.98. The number of anilines is 1. The van der Waals surface area contributed by atoms with Crippen molar-refractivity contribution in [2.24, 2.45) is 5.41 Å². The number of rotatable bonds is 2. The van der Waals surface area contributed by atoms with Crippen LogP contribution in [0.4, 0.5) is 5.69 Å². The summed E-state index contributed by atoms with van der Waals surface area (Å²) in [5, 5.41) is 11.2. The van der Waals surface area contributed by atoms with Crippen molar-refractivity contribution in [2.45, 2.75) is 20.3 Å². The maximum Gasteiger partial charge on any atom is 0.336 e. The van der Waals surface area contributed by atoms with Crippen molar-refractivity contribution in [3.8, 4) is 0 Å². The number of carboxylic acids is 1. The summed E-state index contributed by atoms with van der Waals surface area (Å²) in [5.74, 6) is -0.866. The Hall–Kier alpha value is -2.03. The molecule has 1 fully saturated rings. The molecule has 0 atom stereocenters. The Balaban J connectivity index is 2.14. The Morgan fingerprint density at radius 3 is 2.45 bits per heavy atom. The zero-order valence-corrected chi connectivity index (χ0v) is 11.9. The smallest absolute Gasteiger partial charge is 0.336 e. The summed E-state index contributed by atoms with van der Waals surface area (Å²) >= 11 is 0. The van der Waals surface area contributed by atoms with Gasteiger partial charge in [0.25, 0.3) is 0 Å². The Bertz CT molecular complexity index is 676. The van der Waals surface area contributed by atoms with E-state index in [0.717, 1.165) is 29.5 Å². The minimum Gasteiger partial charge on any atom is -0.478 e. The van der Waals surface area contributed by atoms with Gasteiger partial charge in [-0.15, -0.1) is 0 Å². The lowest BCUT2D eigenvalue weighted by molar-refractivity contribution is 0.0699. The van der Waals surface area contributed by atoms with Gasteiger partial charge in [-0.05, 0) is 29.4 Å². The number of carbonyl (C=O) groups is 1. The molecule has 1 saturated heterocycles. The van der Waals surface area contributed by atoms with Crippen LogP contribution in [0.5, 0.6) is 0 Å². The predicted molar refractivity (Wildman–Crippen MR) is 81.5 cm³/mol. The lowest BCUT2D eigenvalue weighted by Crippen LogP contribution is -2.23. The van der Waals surface area contributed by atoms with E-state index in [1.54, 1.807) is 6.07 Å². The van der Waals surface area contributed by atoms with Crippen molar-refractivity contribution in [1.29, 1.82) is 0 Å². The van der Waals surface area contributed by atoms with Crippen LogP contribution in [0.15, 0.2) is 36.4 Å². The zero-order valence-electron chi connectivity index (χ0n) is 11.9. The average molecular weight is 269 g/mol. The van der Waals surface area contributed by atoms with Crippen LogP contribution in [0, 0.1) is 5.41 Å². The highest BCUT2D eigenvalue weighted by Crippen LogP contribution is 2.36. The summed E-state index contributed by atoms with van der Waals surface area (Å²) in [6.45, 7) is 6.61. The SMILES string of the molecule is CC1(C)CCN(c2ccc(C(=O)O)c3ccccc23)C1. The number of nitrogens with zero attached hydrogens (tertiary/aromatic N) is 1. The zero-order chi connectivity index (χ0) is 14.3. The van der Waals surface area contributed by atoms with Crippen LogP contribution in [0.2, 0.25) is 0 Å². The molecule has 1 aliphatic heterocycles. The van der Waals surface area contributed by atoms with Gasteiger partial charge in [0.1, 0.15) is 0 Å². The second-order valence-electron chi connectivity index (χ2n) is 6.32. The van der Waals surface area contributed by atoms with Gasteiger partial charge < -0.3 is 10.0 Å². The van der Waals surface area contributed by atoms with E-state index in [1.165, 1.54) is 6.42 Å². The topological polar surface area (TPSA) is 40.5 Å². The summed E-state index contributed by atoms with van der Waals surface area (Å²) in [6.07, 6.45) is 1.17. The van der Waals surface area contributed by atoms with Crippen LogP contribution in [0.3, 0.4) is 0 Å². The third-order valence-electron chi connectivity index (χ3n) is 4.15. The summed E-state index contributed by atoms with van der Waals surface area (Å²) in [4.78, 5) is 13.7. The van der Waals surface area contributed by atoms with Gasteiger partial charge in [0.2, 0.25) is 0 Å². The second kappa shape index (κ2) is 4.51. The lowest BCUT2D eigenvalue weighted by atomic mass is 9.93. The Kier molecular flexibility index (Phi) is 2.93. The molecule has 0 saturated carbocycles. The molecule has 0 unspecified atom stereocenters. The largest absolute Gasteiger partial charge is 0.478 e. The molecule has 3 heteroatoms. The summed E-state index contributed by atoms with van der Waals surface area (Å²) < 4.78 is 0. The van der Waals surface area contributed by atoms with Gasteiger partial charge in [0, 0.05) is 24.2 Å². The van der Waals surface area contributed by atoms with Crippen molar-refractivity contribution < 1.29 is 9.90 Å². The van der Waals surface area contributed by atoms with Crippen molar-refractivity contribution in [2.75, 3.05) is 18.0 Å². The van der Waals surface area contributed by atoms with Crippen LogP contribution < -0.4 is 4.90 Å². The highest BCUT2D eigenvalue weighted by atomic mass is 16.4. The normalized spacial score (nSPS) is 17.6. The lowest BCUT2D eigenvalue weighted by Gasteiger charge is -2.23. The van der Waals surface area contributed by atoms with Crippen molar-refractivity contribution in [3.63, 3.8) is 0 Å². The number of fused-ring (bicyclic) bond motifs is 1. The molecular weight excluding hydrogens is 250 g/mol. The van der Waals surface area contributed by atoms with Crippen LogP contribution in [0.1, 0.15) is 30.6 Å². The van der Waals surface area contributed by atoms with E-state index in [2.05, 4.69) is 18.7 Å². The minimum atomic E-state index is -0.866. The monoisotopic (exact) mass is 269 g/mol. The van der Waals surface area contributed by atoms with Crippen molar-refractivity contribution in [3.05, 3.63) is 42.0 Å². The van der Waals surface area contributed by atoms with E-state index >= 15 is 0 Å². The molecule has 0 aromatic heterocycles. The van der Waals surface area contributed by atoms with Crippen LogP contribution in [-0.4, -0.2) is 24.2 Å². The molecule has 0 bridgehead atoms. The quantitative estimate of drug-likeness (QED) is 0.902. The Morgan fingerprint density at radius 1 is 1.15 bits per heavy atom. The third kappa shape index (κ3) is 2.13. The number of hydrogen-bond acceptors (Lipinski definition) is 2. The molecule has 0 spiro atoms. The molecule has 20 heavy (non-hydrogen) atoms. The highest BCUT2D eigenvalue weighted by Gasteiger charge is 2.30. The summed E-state index contributed by atoms with van der Waals surface area (Å²) in [5.41, 5.74) is 1.85. The molecule has 0 aliphatic carbocycles. The van der Waals surface area contributed by atoms with Crippen LogP contribution in [-0.2, 0) is 0 Å². The van der Waals surface area contributed by atoms with Gasteiger partial charge in [-0.3, -0.25) is 0 Å². The van der Waals surface area contributed by atoms with E-state index in [4.69, 9.17) is 0 Å². The maximum atomic E-state index is 11.3. The molecule has 1 heterocycles. The standard InChI is InChI=1S/C17H19NO2/c1-17(2)9-10-18(11-17)15-8-7-14(16(19)20)12-5-3-4-6-13(12)15/h3-8H,9-11H2,1-2H3,(H,19,20). The minimum absolute atomic E-state index is 0.326. The van der Waals surface area contributed by atoms with E-state index in [9.17, 15) is 9.90 Å². The van der Waals surface area contributed by atoms with Gasteiger partial charge in [-0.25, -0.2) is 4.79 Å². The van der Waals surface area contributed by atoms with Gasteiger partial charge in [0.15, 0.2) is 0 Å². The third-order valence-corrected chi connectivity index (χ3v) is 4.15. The van der Waals surface area contributed by atoms with Crippen LogP contribution in [0.25, 0.3) is 10.8 Å². The maximum absolute atomic E-state index is 11.3. The number of carboxylic acid groups (broad SMARTS) is 1.